The summed E-state index contributed by atoms with van der Waals surface area (Å²) in [6.45, 7) is 7.67. The van der Waals surface area contributed by atoms with Crippen LogP contribution >= 0.6 is 0 Å². The molecule has 0 spiro atoms. The molecule has 4 aromatic heterocycles. The summed E-state index contributed by atoms with van der Waals surface area (Å²) in [5.74, 6) is 1.99. The molecule has 5 rings (SSSR count). The minimum atomic E-state index is -0.0637. The number of hydrogen-bond donors (Lipinski definition) is 0. The first kappa shape index (κ1) is 21.8. The van der Waals surface area contributed by atoms with Crippen LogP contribution in [0.5, 0.6) is 11.5 Å². The van der Waals surface area contributed by atoms with Crippen LogP contribution in [0.2, 0.25) is 0 Å². The summed E-state index contributed by atoms with van der Waals surface area (Å²) in [7, 11) is 1.87. The first-order valence-corrected chi connectivity index (χ1v) is 11.4. The maximum atomic E-state index is 13.3. The van der Waals surface area contributed by atoms with Crippen molar-refractivity contribution in [2.45, 2.75) is 39.8 Å². The summed E-state index contributed by atoms with van der Waals surface area (Å²) >= 11 is 0. The summed E-state index contributed by atoms with van der Waals surface area (Å²) in [5.41, 5.74) is 3.39. The molecule has 0 radical (unpaired) electrons. The highest BCUT2D eigenvalue weighted by Gasteiger charge is 2.23. The van der Waals surface area contributed by atoms with E-state index in [4.69, 9.17) is 4.74 Å². The van der Waals surface area contributed by atoms with Crippen molar-refractivity contribution in [2.24, 2.45) is 7.05 Å². The van der Waals surface area contributed by atoms with Crippen LogP contribution in [0.15, 0.2) is 53.8 Å². The number of ether oxygens (including phenoxy) is 1. The quantitative estimate of drug-likeness (QED) is 0.450. The van der Waals surface area contributed by atoms with E-state index in [0.717, 1.165) is 30.2 Å². The lowest BCUT2D eigenvalue weighted by atomic mass is 10.2. The molecule has 0 bridgehead atoms. The number of anilines is 1. The van der Waals surface area contributed by atoms with Crippen molar-refractivity contribution < 1.29 is 4.74 Å². The van der Waals surface area contributed by atoms with Gasteiger partial charge in [0.25, 0.3) is 5.56 Å². The normalized spacial score (nSPS) is 13.3. The van der Waals surface area contributed by atoms with E-state index >= 15 is 0 Å². The van der Waals surface area contributed by atoms with Gasteiger partial charge in [0.05, 0.1) is 28.8 Å². The second-order valence-electron chi connectivity index (χ2n) is 8.73. The number of pyridine rings is 2. The zero-order valence-electron chi connectivity index (χ0n) is 19.8. The number of aromatic nitrogens is 6. The van der Waals surface area contributed by atoms with Gasteiger partial charge >= 0.3 is 0 Å². The van der Waals surface area contributed by atoms with Crippen LogP contribution in [0.25, 0.3) is 22.5 Å². The minimum absolute atomic E-state index is 0.0637. The summed E-state index contributed by atoms with van der Waals surface area (Å²) in [4.78, 5) is 29.1. The van der Waals surface area contributed by atoms with Crippen LogP contribution in [0.1, 0.15) is 26.0 Å². The molecule has 0 unspecified atom stereocenters. The molecule has 0 amide bonds. The lowest BCUT2D eigenvalue weighted by Crippen LogP contribution is -2.42. The fourth-order valence-corrected chi connectivity index (χ4v) is 4.20. The fourth-order valence-electron chi connectivity index (χ4n) is 4.20. The second-order valence-corrected chi connectivity index (χ2v) is 8.73. The van der Waals surface area contributed by atoms with E-state index in [1.807, 2.05) is 32.3 Å². The standard InChI is InChI=1S/C25H27N7O2/c1-16(2)31-10-5-11-32-24(33)20(14-27-25(31)32)21-6-7-23(17(3)29-21)34-19-8-9-26-22(12-19)18-13-28-30(4)15-18/h6-9,12-16H,5,10-11H2,1-4H3. The Morgan fingerprint density at radius 1 is 1.06 bits per heavy atom. The van der Waals surface area contributed by atoms with E-state index in [1.165, 1.54) is 0 Å². The molecule has 1 aliphatic heterocycles. The predicted octanol–water partition coefficient (Wildman–Crippen LogP) is 3.82. The van der Waals surface area contributed by atoms with Gasteiger partial charge in [-0.25, -0.2) is 9.97 Å². The molecule has 1 aliphatic rings. The average Bonchev–Trinajstić information content (AvgIpc) is 3.27. The van der Waals surface area contributed by atoms with E-state index in [-0.39, 0.29) is 11.6 Å². The van der Waals surface area contributed by atoms with Crippen molar-refractivity contribution in [3.63, 3.8) is 0 Å². The zero-order valence-corrected chi connectivity index (χ0v) is 19.8. The largest absolute Gasteiger partial charge is 0.455 e. The first-order chi connectivity index (χ1) is 16.4. The van der Waals surface area contributed by atoms with Crippen LogP contribution in [0.4, 0.5) is 5.95 Å². The molecule has 0 aliphatic carbocycles. The molecule has 0 atom stereocenters. The monoisotopic (exact) mass is 457 g/mol. The maximum Gasteiger partial charge on any atom is 0.264 e. The van der Waals surface area contributed by atoms with Gasteiger partial charge in [-0.3, -0.25) is 19.0 Å². The van der Waals surface area contributed by atoms with Crippen molar-refractivity contribution in [2.75, 3.05) is 11.4 Å². The van der Waals surface area contributed by atoms with Gasteiger partial charge in [-0.05, 0) is 45.4 Å². The molecule has 9 nitrogen and oxygen atoms in total. The molecule has 34 heavy (non-hydrogen) atoms. The van der Waals surface area contributed by atoms with Crippen LogP contribution in [0.3, 0.4) is 0 Å². The SMILES string of the molecule is Cc1nc(-c2cnc3n(c2=O)CCCN3C(C)C)ccc1Oc1ccnc(-c2cnn(C)c2)c1. The molecule has 174 valence electrons. The Hall–Kier alpha value is -4.01. The zero-order chi connectivity index (χ0) is 23.8. The Kier molecular flexibility index (Phi) is 5.61. The Morgan fingerprint density at radius 2 is 1.91 bits per heavy atom. The minimum Gasteiger partial charge on any atom is -0.455 e. The summed E-state index contributed by atoms with van der Waals surface area (Å²) in [6, 6.07) is 7.59. The number of fused-ring (bicyclic) bond motifs is 1. The highest BCUT2D eigenvalue weighted by atomic mass is 16.5. The van der Waals surface area contributed by atoms with Gasteiger partial charge in [0.2, 0.25) is 5.95 Å². The van der Waals surface area contributed by atoms with Crippen molar-refractivity contribution in [3.05, 3.63) is 65.1 Å². The molecule has 0 saturated carbocycles. The molecule has 5 heterocycles. The molecular weight excluding hydrogens is 430 g/mol. The van der Waals surface area contributed by atoms with E-state index in [0.29, 0.717) is 35.0 Å². The third kappa shape index (κ3) is 4.05. The number of hydrogen-bond acceptors (Lipinski definition) is 7. The number of nitrogens with zero attached hydrogens (tertiary/aromatic N) is 7. The lowest BCUT2D eigenvalue weighted by Gasteiger charge is -2.33. The highest BCUT2D eigenvalue weighted by molar-refractivity contribution is 5.61. The fraction of sp³-hybridized carbons (Fsp3) is 0.320. The van der Waals surface area contributed by atoms with Gasteiger partial charge in [-0.2, -0.15) is 5.10 Å². The molecule has 0 N–H and O–H groups in total. The van der Waals surface area contributed by atoms with Crippen LogP contribution in [-0.4, -0.2) is 41.9 Å². The van der Waals surface area contributed by atoms with Gasteiger partial charge < -0.3 is 9.64 Å². The van der Waals surface area contributed by atoms with Crippen molar-refractivity contribution in [1.82, 2.24) is 29.3 Å². The molecule has 4 aromatic rings. The summed E-state index contributed by atoms with van der Waals surface area (Å²) in [5, 5.41) is 4.20. The van der Waals surface area contributed by atoms with Crippen LogP contribution in [-0.2, 0) is 13.6 Å². The third-order valence-electron chi connectivity index (χ3n) is 5.96. The van der Waals surface area contributed by atoms with Crippen molar-refractivity contribution >= 4 is 5.95 Å². The number of aryl methyl sites for hydroxylation is 2. The lowest BCUT2D eigenvalue weighted by molar-refractivity contribution is 0.475. The summed E-state index contributed by atoms with van der Waals surface area (Å²) < 4.78 is 9.59. The smallest absolute Gasteiger partial charge is 0.264 e. The molecule has 0 aromatic carbocycles. The van der Waals surface area contributed by atoms with Gasteiger partial charge in [0.1, 0.15) is 11.5 Å². The summed E-state index contributed by atoms with van der Waals surface area (Å²) in [6.07, 6.45) is 7.93. The van der Waals surface area contributed by atoms with Gasteiger partial charge in [0.15, 0.2) is 0 Å². The maximum absolute atomic E-state index is 13.3. The van der Waals surface area contributed by atoms with Crippen LogP contribution < -0.4 is 15.2 Å². The van der Waals surface area contributed by atoms with Gasteiger partial charge in [-0.1, -0.05) is 0 Å². The molecule has 0 saturated heterocycles. The Labute approximate surface area is 197 Å². The topological polar surface area (TPSA) is 91.0 Å². The van der Waals surface area contributed by atoms with Crippen molar-refractivity contribution in [3.8, 4) is 34.0 Å². The predicted molar refractivity (Wildman–Crippen MR) is 130 cm³/mol. The molecule has 9 heteroatoms. The average molecular weight is 458 g/mol. The first-order valence-electron chi connectivity index (χ1n) is 11.4. The van der Waals surface area contributed by atoms with Crippen molar-refractivity contribution in [1.29, 1.82) is 0 Å². The van der Waals surface area contributed by atoms with E-state index in [9.17, 15) is 4.79 Å². The molecular formula is C25H27N7O2. The Morgan fingerprint density at radius 3 is 2.65 bits per heavy atom. The van der Waals surface area contributed by atoms with E-state index < -0.39 is 0 Å². The number of rotatable bonds is 5. The second kappa shape index (κ2) is 8.74. The Balaban J connectivity index is 1.43. The molecule has 0 fully saturated rings. The van der Waals surface area contributed by atoms with Gasteiger partial charge in [0, 0.05) is 56.4 Å². The highest BCUT2D eigenvalue weighted by Crippen LogP contribution is 2.29. The third-order valence-corrected chi connectivity index (χ3v) is 5.96. The van der Waals surface area contributed by atoms with Crippen LogP contribution in [0, 0.1) is 6.92 Å². The van der Waals surface area contributed by atoms with Gasteiger partial charge in [-0.15, -0.1) is 0 Å². The van der Waals surface area contributed by atoms with E-state index in [2.05, 4.69) is 38.8 Å². The Bertz CT molecular complexity index is 1410. The van der Waals surface area contributed by atoms with E-state index in [1.54, 1.807) is 40.0 Å².